The summed E-state index contributed by atoms with van der Waals surface area (Å²) in [6.07, 6.45) is 2.78. The monoisotopic (exact) mass is 443 g/mol. The van der Waals surface area contributed by atoms with Crippen LogP contribution in [0.25, 0.3) is 0 Å². The van der Waals surface area contributed by atoms with E-state index < -0.39 is 5.91 Å². The van der Waals surface area contributed by atoms with Gasteiger partial charge in [-0.3, -0.25) is 14.9 Å². The van der Waals surface area contributed by atoms with Crippen molar-refractivity contribution < 1.29 is 9.59 Å². The second kappa shape index (κ2) is 8.47. The van der Waals surface area contributed by atoms with E-state index in [2.05, 4.69) is 31.4 Å². The second-order valence-corrected chi connectivity index (χ2v) is 10.6. The van der Waals surface area contributed by atoms with Crippen molar-refractivity contribution in [1.29, 1.82) is 0 Å². The SMILES string of the molecule is Cc1ccc(C(=O)NC(=S)Nc2sc3c(c2C(N)=O)CC[C@H](C(C)(C)C)C3)cc1C. The van der Waals surface area contributed by atoms with Crippen molar-refractivity contribution in [2.24, 2.45) is 17.1 Å². The van der Waals surface area contributed by atoms with E-state index in [9.17, 15) is 9.59 Å². The van der Waals surface area contributed by atoms with Crippen molar-refractivity contribution in [2.75, 3.05) is 5.32 Å². The van der Waals surface area contributed by atoms with Crippen LogP contribution in [0.1, 0.15) is 69.5 Å². The molecule has 1 aromatic heterocycles. The third-order valence-electron chi connectivity index (χ3n) is 5.96. The molecule has 1 aromatic carbocycles. The normalized spacial score (nSPS) is 16.0. The Balaban J connectivity index is 1.78. The van der Waals surface area contributed by atoms with Crippen LogP contribution in [0.4, 0.5) is 5.00 Å². The van der Waals surface area contributed by atoms with Gasteiger partial charge in [0, 0.05) is 10.4 Å². The van der Waals surface area contributed by atoms with Crippen LogP contribution in [0.2, 0.25) is 0 Å². The summed E-state index contributed by atoms with van der Waals surface area (Å²) in [5.41, 5.74) is 10.1. The number of aryl methyl sites for hydroxylation is 2. The van der Waals surface area contributed by atoms with Crippen LogP contribution in [0.3, 0.4) is 0 Å². The maximum atomic E-state index is 12.5. The van der Waals surface area contributed by atoms with Gasteiger partial charge < -0.3 is 11.1 Å². The zero-order chi connectivity index (χ0) is 22.2. The molecule has 7 heteroatoms. The van der Waals surface area contributed by atoms with E-state index in [0.717, 1.165) is 36.0 Å². The summed E-state index contributed by atoms with van der Waals surface area (Å²) >= 11 is 6.87. The molecule has 0 unspecified atom stereocenters. The molecule has 1 aliphatic rings. The Labute approximate surface area is 187 Å². The minimum Gasteiger partial charge on any atom is -0.365 e. The highest BCUT2D eigenvalue weighted by Crippen LogP contribution is 2.44. The van der Waals surface area contributed by atoms with Crippen LogP contribution in [0.15, 0.2) is 18.2 Å². The zero-order valence-electron chi connectivity index (χ0n) is 18.1. The van der Waals surface area contributed by atoms with Crippen LogP contribution >= 0.6 is 23.6 Å². The van der Waals surface area contributed by atoms with E-state index in [1.54, 1.807) is 6.07 Å². The fourth-order valence-corrected chi connectivity index (χ4v) is 5.46. The number of anilines is 1. The number of thiocarbonyl (C=S) groups is 1. The Morgan fingerprint density at radius 3 is 2.50 bits per heavy atom. The number of fused-ring (bicyclic) bond motifs is 1. The van der Waals surface area contributed by atoms with Gasteiger partial charge in [-0.25, -0.2) is 0 Å². The van der Waals surface area contributed by atoms with Crippen LogP contribution in [0.5, 0.6) is 0 Å². The van der Waals surface area contributed by atoms with Crippen molar-refractivity contribution in [2.45, 2.75) is 53.9 Å². The number of hydrogen-bond donors (Lipinski definition) is 3. The Morgan fingerprint density at radius 2 is 1.90 bits per heavy atom. The standard InChI is InChI=1S/C23H29N3O2S2/c1-12-6-7-14(10-13(12)2)20(28)25-22(29)26-21-18(19(24)27)16-9-8-15(23(3,4)5)11-17(16)30-21/h6-7,10,15H,8-9,11H2,1-5H3,(H2,24,27)(H2,25,26,28,29)/t15-/m0/s1. The first-order valence-corrected chi connectivity index (χ1v) is 11.3. The van der Waals surface area contributed by atoms with Crippen molar-refractivity contribution >= 4 is 45.5 Å². The molecule has 2 amide bonds. The van der Waals surface area contributed by atoms with Crippen molar-refractivity contribution in [3.8, 4) is 0 Å². The quantitative estimate of drug-likeness (QED) is 0.598. The molecule has 0 radical (unpaired) electrons. The van der Waals surface area contributed by atoms with E-state index in [4.69, 9.17) is 18.0 Å². The summed E-state index contributed by atoms with van der Waals surface area (Å²) in [5, 5.41) is 6.53. The van der Waals surface area contributed by atoms with Crippen LogP contribution in [0, 0.1) is 25.2 Å². The molecule has 0 saturated heterocycles. The molecule has 0 aliphatic heterocycles. The van der Waals surface area contributed by atoms with Gasteiger partial charge in [0.1, 0.15) is 5.00 Å². The molecule has 5 nitrogen and oxygen atoms in total. The zero-order valence-corrected chi connectivity index (χ0v) is 19.8. The number of nitrogens with two attached hydrogens (primary N) is 1. The van der Waals surface area contributed by atoms with Gasteiger partial charge >= 0.3 is 0 Å². The molecule has 3 rings (SSSR count). The third kappa shape index (κ3) is 4.73. The summed E-state index contributed by atoms with van der Waals surface area (Å²) in [4.78, 5) is 25.9. The van der Waals surface area contributed by atoms with E-state index in [0.29, 0.717) is 22.0 Å². The van der Waals surface area contributed by atoms with Crippen LogP contribution in [-0.2, 0) is 12.8 Å². The molecule has 1 aliphatic carbocycles. The fourth-order valence-electron chi connectivity index (χ4n) is 3.87. The lowest BCUT2D eigenvalue weighted by molar-refractivity contribution is 0.0975. The first-order chi connectivity index (χ1) is 14.0. The maximum Gasteiger partial charge on any atom is 0.257 e. The Morgan fingerprint density at radius 1 is 1.20 bits per heavy atom. The summed E-state index contributed by atoms with van der Waals surface area (Å²) < 4.78 is 0. The minimum absolute atomic E-state index is 0.159. The average Bonchev–Trinajstić information content (AvgIpc) is 2.99. The fraction of sp³-hybridized carbons (Fsp3) is 0.435. The maximum absolute atomic E-state index is 12.5. The highest BCUT2D eigenvalue weighted by atomic mass is 32.1. The number of primary amides is 1. The summed E-state index contributed by atoms with van der Waals surface area (Å²) in [5.74, 6) is -0.202. The van der Waals surface area contributed by atoms with Gasteiger partial charge in [0.2, 0.25) is 0 Å². The smallest absolute Gasteiger partial charge is 0.257 e. The lowest BCUT2D eigenvalue weighted by Crippen LogP contribution is -2.34. The van der Waals surface area contributed by atoms with Gasteiger partial charge in [-0.05, 0) is 85.5 Å². The summed E-state index contributed by atoms with van der Waals surface area (Å²) in [7, 11) is 0. The highest BCUT2D eigenvalue weighted by Gasteiger charge is 2.33. The van der Waals surface area contributed by atoms with Gasteiger partial charge in [-0.1, -0.05) is 26.8 Å². The van der Waals surface area contributed by atoms with E-state index >= 15 is 0 Å². The number of carbonyl (C=O) groups excluding carboxylic acids is 2. The van der Waals surface area contributed by atoms with E-state index in [-0.39, 0.29) is 16.4 Å². The van der Waals surface area contributed by atoms with Gasteiger partial charge in [0.15, 0.2) is 5.11 Å². The Kier molecular flexibility index (Phi) is 6.34. The Bertz CT molecular complexity index is 1020. The molecule has 2 aromatic rings. The predicted molar refractivity (Wildman–Crippen MR) is 127 cm³/mol. The largest absolute Gasteiger partial charge is 0.365 e. The highest BCUT2D eigenvalue weighted by molar-refractivity contribution is 7.80. The molecule has 160 valence electrons. The van der Waals surface area contributed by atoms with Gasteiger partial charge in [0.25, 0.3) is 11.8 Å². The number of thiophene rings is 1. The van der Waals surface area contributed by atoms with Gasteiger partial charge in [-0.15, -0.1) is 11.3 Å². The molecular weight excluding hydrogens is 414 g/mol. The number of nitrogens with one attached hydrogen (secondary N) is 2. The number of amides is 2. The first kappa shape index (κ1) is 22.4. The van der Waals surface area contributed by atoms with E-state index in [1.807, 2.05) is 26.0 Å². The molecule has 30 heavy (non-hydrogen) atoms. The van der Waals surface area contributed by atoms with E-state index in [1.165, 1.54) is 16.2 Å². The molecule has 1 heterocycles. The number of rotatable bonds is 3. The predicted octanol–water partition coefficient (Wildman–Crippen LogP) is 4.74. The molecule has 4 N–H and O–H groups in total. The minimum atomic E-state index is -0.465. The number of hydrogen-bond acceptors (Lipinski definition) is 4. The second-order valence-electron chi connectivity index (χ2n) is 9.09. The molecule has 0 bridgehead atoms. The summed E-state index contributed by atoms with van der Waals surface area (Å²) in [6, 6.07) is 5.51. The topological polar surface area (TPSA) is 84.2 Å². The van der Waals surface area contributed by atoms with Gasteiger partial charge in [-0.2, -0.15) is 0 Å². The molecule has 0 fully saturated rings. The number of carbonyl (C=O) groups is 2. The van der Waals surface area contributed by atoms with Crippen molar-refractivity contribution in [1.82, 2.24) is 5.32 Å². The van der Waals surface area contributed by atoms with Crippen molar-refractivity contribution in [3.63, 3.8) is 0 Å². The lowest BCUT2D eigenvalue weighted by atomic mass is 9.72. The first-order valence-electron chi connectivity index (χ1n) is 10.1. The van der Waals surface area contributed by atoms with Crippen LogP contribution in [-0.4, -0.2) is 16.9 Å². The van der Waals surface area contributed by atoms with Crippen molar-refractivity contribution in [3.05, 3.63) is 50.9 Å². The Hall–Kier alpha value is -2.25. The molecule has 0 spiro atoms. The molecule has 1 atom stereocenters. The average molecular weight is 444 g/mol. The van der Waals surface area contributed by atoms with Gasteiger partial charge in [0.05, 0.1) is 5.56 Å². The third-order valence-corrected chi connectivity index (χ3v) is 7.33. The summed E-state index contributed by atoms with van der Waals surface area (Å²) in [6.45, 7) is 10.7. The molecule has 0 saturated carbocycles. The lowest BCUT2D eigenvalue weighted by Gasteiger charge is -2.33. The number of benzene rings is 1. The van der Waals surface area contributed by atoms with Crippen LogP contribution < -0.4 is 16.4 Å². The molecular formula is C23H29N3O2S2.